The Morgan fingerprint density at radius 3 is 1.99 bits per heavy atom. The topological polar surface area (TPSA) is 108 Å². The molecule has 0 aliphatic heterocycles. The predicted molar refractivity (Wildman–Crippen MR) is 292 cm³/mol. The molecule has 0 fully saturated rings. The van der Waals surface area contributed by atoms with Gasteiger partial charge in [-0.15, -0.1) is 22.0 Å². The minimum atomic E-state index is -2.24. The van der Waals surface area contributed by atoms with Crippen LogP contribution >= 0.6 is 35.1 Å². The molecule has 2 N–H and O–H groups in total. The summed E-state index contributed by atoms with van der Waals surface area (Å²) in [5.74, 6) is 2.87. The van der Waals surface area contributed by atoms with Crippen LogP contribution in [0.5, 0.6) is 5.75 Å². The van der Waals surface area contributed by atoms with Crippen LogP contribution in [0.15, 0.2) is 106 Å². The Balaban J connectivity index is 1.17. The van der Waals surface area contributed by atoms with E-state index in [0.717, 1.165) is 61.0 Å². The number of benzene rings is 3. The molecule has 0 aliphatic rings. The lowest BCUT2D eigenvalue weighted by Crippen LogP contribution is -2.50. The minimum Gasteiger partial charge on any atom is -0.542 e. The summed E-state index contributed by atoms with van der Waals surface area (Å²) in [6.07, 6.45) is 2.10. The average Bonchev–Trinajstić information content (AvgIpc) is 3.90. The van der Waals surface area contributed by atoms with Crippen LogP contribution in [0.25, 0.3) is 22.7 Å². The molecule has 2 amide bonds. The van der Waals surface area contributed by atoms with Gasteiger partial charge in [-0.3, -0.25) is 9.72 Å². The lowest BCUT2D eigenvalue weighted by Gasteiger charge is -2.42. The van der Waals surface area contributed by atoms with Crippen LogP contribution in [0.1, 0.15) is 115 Å². The third kappa shape index (κ3) is 11.6. The normalized spacial score (nSPS) is 12.7. The SMILES string of the molecule is CC(C)[Si](OCCSc1ccccc1-c1nnc2ccc(Sc3ccccc3CNC(=O)Nc3cc(C(C)(C)C)nn3-c3ccc(O[Si](C(C)C)(C(C)C)C(C)C)c(Cl)c3)cn12)(C(C)C)C(C)C. The maximum atomic E-state index is 13.8. The Bertz CT molecular complexity index is 2610. The third-order valence-electron chi connectivity index (χ3n) is 13.4. The smallest absolute Gasteiger partial charge is 0.320 e. The van der Waals surface area contributed by atoms with Gasteiger partial charge in [0.1, 0.15) is 11.6 Å². The van der Waals surface area contributed by atoms with Gasteiger partial charge in [-0.25, -0.2) is 9.48 Å². The number of pyridine rings is 1. The fourth-order valence-electron chi connectivity index (χ4n) is 10.3. The zero-order chi connectivity index (χ0) is 49.7. The van der Waals surface area contributed by atoms with E-state index in [1.165, 1.54) is 0 Å². The second-order valence-corrected chi connectivity index (χ2v) is 34.3. The lowest BCUT2D eigenvalue weighted by atomic mass is 9.92. The molecule has 0 aliphatic carbocycles. The number of fused-ring (bicyclic) bond motifs is 1. The molecule has 10 nitrogen and oxygen atoms in total. The quantitative estimate of drug-likeness (QED) is 0.0442. The molecular weight excluding hydrogens is 938 g/mol. The number of carbonyl (C=O) groups excluding carboxylic acids is 1. The van der Waals surface area contributed by atoms with E-state index < -0.39 is 16.6 Å². The summed E-state index contributed by atoms with van der Waals surface area (Å²) in [5.41, 5.74) is 6.92. The largest absolute Gasteiger partial charge is 0.542 e. The van der Waals surface area contributed by atoms with Crippen LogP contribution < -0.4 is 15.1 Å². The first-order valence-corrected chi connectivity index (χ1v) is 30.7. The van der Waals surface area contributed by atoms with E-state index in [2.05, 4.69) is 172 Å². The first-order chi connectivity index (χ1) is 32.1. The van der Waals surface area contributed by atoms with E-state index in [1.54, 1.807) is 16.4 Å². The van der Waals surface area contributed by atoms with Crippen LogP contribution in [0.3, 0.4) is 0 Å². The number of rotatable bonds is 20. The first kappa shape index (κ1) is 53.3. The molecule has 0 unspecified atom stereocenters. The van der Waals surface area contributed by atoms with Crippen molar-refractivity contribution in [3.05, 3.63) is 107 Å². The van der Waals surface area contributed by atoms with Crippen LogP contribution in [0.4, 0.5) is 10.6 Å². The maximum absolute atomic E-state index is 13.8. The van der Waals surface area contributed by atoms with Crippen LogP contribution in [0.2, 0.25) is 38.3 Å². The second-order valence-electron chi connectivity index (χ2n) is 20.8. The summed E-state index contributed by atoms with van der Waals surface area (Å²) < 4.78 is 17.7. The summed E-state index contributed by atoms with van der Waals surface area (Å²) in [6.45, 7) is 34.9. The highest BCUT2D eigenvalue weighted by atomic mass is 35.5. The summed E-state index contributed by atoms with van der Waals surface area (Å²) in [6, 6.07) is 28.0. The summed E-state index contributed by atoms with van der Waals surface area (Å²) in [4.78, 5) is 16.9. The van der Waals surface area contributed by atoms with E-state index >= 15 is 0 Å². The number of nitrogens with one attached hydrogen (secondary N) is 2. The van der Waals surface area contributed by atoms with Gasteiger partial charge in [0, 0.05) is 56.8 Å². The monoisotopic (exact) mass is 1010 g/mol. The van der Waals surface area contributed by atoms with Gasteiger partial charge in [-0.2, -0.15) is 5.10 Å². The number of anilines is 1. The van der Waals surface area contributed by atoms with Crippen molar-refractivity contribution in [2.24, 2.45) is 0 Å². The first-order valence-electron chi connectivity index (χ1n) is 24.2. The molecule has 366 valence electrons. The Kier molecular flexibility index (Phi) is 17.5. The van der Waals surface area contributed by atoms with E-state index in [-0.39, 0.29) is 11.4 Å². The number of hydrogen-bond donors (Lipinski definition) is 2. The van der Waals surface area contributed by atoms with E-state index in [4.69, 9.17) is 25.6 Å². The van der Waals surface area contributed by atoms with Crippen LogP contribution in [-0.4, -0.2) is 59.4 Å². The fraction of sp³-hybridized carbons (Fsp3) is 0.472. The summed E-state index contributed by atoms with van der Waals surface area (Å²) in [5, 5.41) is 20.9. The van der Waals surface area contributed by atoms with Crippen molar-refractivity contribution < 1.29 is 13.6 Å². The fourth-order valence-corrected chi connectivity index (χ4v) is 23.2. The molecule has 15 heteroatoms. The van der Waals surface area contributed by atoms with Crippen LogP contribution in [-0.2, 0) is 16.4 Å². The number of urea groups is 1. The van der Waals surface area contributed by atoms with E-state index in [1.807, 2.05) is 60.3 Å². The van der Waals surface area contributed by atoms with Crippen molar-refractivity contribution >= 4 is 69.3 Å². The Morgan fingerprint density at radius 2 is 1.37 bits per heavy atom. The molecule has 0 saturated carbocycles. The molecule has 0 bridgehead atoms. The van der Waals surface area contributed by atoms with E-state index in [0.29, 0.717) is 56.4 Å². The van der Waals surface area contributed by atoms with Crippen molar-refractivity contribution in [2.45, 2.75) is 164 Å². The van der Waals surface area contributed by atoms with Gasteiger partial charge >= 0.3 is 6.03 Å². The van der Waals surface area contributed by atoms with Gasteiger partial charge in [0.2, 0.25) is 0 Å². The Morgan fingerprint density at radius 1 is 0.750 bits per heavy atom. The number of carbonyl (C=O) groups is 1. The van der Waals surface area contributed by atoms with Crippen molar-refractivity contribution in [1.29, 1.82) is 0 Å². The number of thioether (sulfide) groups is 1. The maximum Gasteiger partial charge on any atom is 0.320 e. The van der Waals surface area contributed by atoms with Gasteiger partial charge in [-0.05, 0) is 81.3 Å². The highest BCUT2D eigenvalue weighted by Gasteiger charge is 2.47. The van der Waals surface area contributed by atoms with Gasteiger partial charge in [0.05, 0.1) is 16.4 Å². The molecular formula is C53H74ClN7O3S2Si2. The van der Waals surface area contributed by atoms with Crippen molar-refractivity contribution in [2.75, 3.05) is 17.7 Å². The Labute approximate surface area is 421 Å². The minimum absolute atomic E-state index is 0.268. The number of aromatic nitrogens is 5. The standard InChI is InChI=1S/C53H74ClN7O3S2Si2/c1-34(2)67(35(3)4,36(5)6)63-28-29-65-47-23-19-17-21-43(47)51-58-57-49-27-25-42(33-60(49)51)66-46-22-18-16-20-40(46)32-55-52(62)56-50-31-48(53(13,14)15)59-61(50)41-24-26-45(44(54)30-41)64-68(37(7)8,38(9)10)39(11)12/h16-27,30-31,33-39H,28-29,32H2,1-15H3,(H2,55,56,62). The lowest BCUT2D eigenvalue weighted by molar-refractivity contribution is 0.251. The van der Waals surface area contributed by atoms with Crippen LogP contribution in [0, 0.1) is 0 Å². The summed E-state index contributed by atoms with van der Waals surface area (Å²) >= 11 is 10.5. The number of amides is 2. The highest BCUT2D eigenvalue weighted by molar-refractivity contribution is 7.99. The van der Waals surface area contributed by atoms with Gasteiger partial charge in [-0.1, -0.05) is 164 Å². The highest BCUT2D eigenvalue weighted by Crippen LogP contribution is 2.45. The van der Waals surface area contributed by atoms with Gasteiger partial charge in [0.15, 0.2) is 19.8 Å². The third-order valence-corrected chi connectivity index (χ3v) is 28.0. The molecule has 0 radical (unpaired) electrons. The molecule has 3 aromatic carbocycles. The average molecular weight is 1010 g/mol. The molecule has 0 spiro atoms. The predicted octanol–water partition coefficient (Wildman–Crippen LogP) is 15.8. The zero-order valence-corrected chi connectivity index (χ0v) is 47.3. The van der Waals surface area contributed by atoms with Gasteiger partial charge in [0.25, 0.3) is 8.32 Å². The molecule has 6 rings (SSSR count). The molecule has 3 heterocycles. The van der Waals surface area contributed by atoms with E-state index in [9.17, 15) is 4.79 Å². The molecule has 0 saturated heterocycles. The zero-order valence-electron chi connectivity index (χ0n) is 42.9. The number of nitrogens with zero attached hydrogens (tertiary/aromatic N) is 5. The summed E-state index contributed by atoms with van der Waals surface area (Å²) in [7, 11) is -4.19. The number of halogens is 1. The molecule has 3 aromatic heterocycles. The molecule has 6 aromatic rings. The number of hydrogen-bond acceptors (Lipinski definition) is 8. The second kappa shape index (κ2) is 22.4. The van der Waals surface area contributed by atoms with Crippen molar-refractivity contribution in [3.8, 4) is 22.8 Å². The van der Waals surface area contributed by atoms with Crippen molar-refractivity contribution in [3.63, 3.8) is 0 Å². The molecule has 0 atom stereocenters. The Hall–Kier alpha value is -4.06. The van der Waals surface area contributed by atoms with Gasteiger partial charge < -0.3 is 14.2 Å². The van der Waals surface area contributed by atoms with Crippen molar-refractivity contribution in [1.82, 2.24) is 29.7 Å². The molecule has 68 heavy (non-hydrogen) atoms.